The van der Waals surface area contributed by atoms with Gasteiger partial charge in [0.25, 0.3) is 0 Å². The summed E-state index contributed by atoms with van der Waals surface area (Å²) in [7, 11) is 0. The molecule has 10 heteroatoms. The lowest BCUT2D eigenvalue weighted by atomic mass is 10.3. The highest BCUT2D eigenvalue weighted by Gasteiger charge is 2.24. The zero-order valence-corrected chi connectivity index (χ0v) is 18.9. The van der Waals surface area contributed by atoms with Crippen LogP contribution in [0, 0.1) is 0 Å². The molecule has 0 aromatic carbocycles. The van der Waals surface area contributed by atoms with Crippen LogP contribution in [0.3, 0.4) is 0 Å². The van der Waals surface area contributed by atoms with Crippen molar-refractivity contribution >= 4 is 11.9 Å². The van der Waals surface area contributed by atoms with Gasteiger partial charge in [0.2, 0.25) is 5.91 Å². The van der Waals surface area contributed by atoms with Gasteiger partial charge in [0, 0.05) is 58.8 Å². The number of carbonyl (C=O) groups excluding carboxylic acids is 1. The summed E-state index contributed by atoms with van der Waals surface area (Å²) in [6.45, 7) is 9.82. The fourth-order valence-corrected chi connectivity index (χ4v) is 4.23. The van der Waals surface area contributed by atoms with Crippen molar-refractivity contribution in [3.63, 3.8) is 0 Å². The summed E-state index contributed by atoms with van der Waals surface area (Å²) in [5, 5.41) is 11.7. The Morgan fingerprint density at radius 2 is 1.97 bits per heavy atom. The lowest BCUT2D eigenvalue weighted by molar-refractivity contribution is -0.131. The largest absolute Gasteiger partial charge is 0.467 e. The van der Waals surface area contributed by atoms with Gasteiger partial charge in [0.1, 0.15) is 24.5 Å². The molecule has 2 aromatic rings. The molecular weight excluding hydrogens is 408 g/mol. The Hall–Kier alpha value is -2.88. The van der Waals surface area contributed by atoms with Crippen LogP contribution in [-0.2, 0) is 24.3 Å². The zero-order valence-electron chi connectivity index (χ0n) is 18.9. The molecule has 2 fully saturated rings. The number of furan rings is 1. The number of piperazine rings is 1. The lowest BCUT2D eigenvalue weighted by Gasteiger charge is -2.36. The van der Waals surface area contributed by atoms with Gasteiger partial charge < -0.3 is 24.1 Å². The highest BCUT2D eigenvalue weighted by molar-refractivity contribution is 5.80. The van der Waals surface area contributed by atoms with E-state index in [-0.39, 0.29) is 5.91 Å². The van der Waals surface area contributed by atoms with Crippen LogP contribution in [0.4, 0.5) is 0 Å². The first-order valence-corrected chi connectivity index (χ1v) is 11.7. The maximum atomic E-state index is 12.5. The number of hydrogen-bond donors (Lipinski definition) is 1. The molecule has 174 valence electrons. The summed E-state index contributed by atoms with van der Waals surface area (Å²) in [5.74, 6) is 2.96. The quantitative estimate of drug-likeness (QED) is 0.478. The minimum Gasteiger partial charge on any atom is -0.467 e. The summed E-state index contributed by atoms with van der Waals surface area (Å²) >= 11 is 0. The highest BCUT2D eigenvalue weighted by Crippen LogP contribution is 2.10. The predicted molar refractivity (Wildman–Crippen MR) is 121 cm³/mol. The summed E-state index contributed by atoms with van der Waals surface area (Å²) in [5.41, 5.74) is 0. The summed E-state index contributed by atoms with van der Waals surface area (Å²) in [4.78, 5) is 23.8. The second-order valence-corrected chi connectivity index (χ2v) is 8.29. The van der Waals surface area contributed by atoms with Crippen LogP contribution in [0.25, 0.3) is 0 Å². The van der Waals surface area contributed by atoms with E-state index in [9.17, 15) is 4.79 Å². The van der Waals surface area contributed by atoms with E-state index in [0.717, 1.165) is 89.2 Å². The molecule has 1 amide bonds. The van der Waals surface area contributed by atoms with Gasteiger partial charge in [-0.2, -0.15) is 0 Å². The van der Waals surface area contributed by atoms with Crippen LogP contribution < -0.4 is 5.32 Å². The van der Waals surface area contributed by atoms with Crippen LogP contribution in [0.1, 0.15) is 31.4 Å². The van der Waals surface area contributed by atoms with Crippen molar-refractivity contribution in [2.24, 2.45) is 4.99 Å². The van der Waals surface area contributed by atoms with E-state index < -0.39 is 0 Å². The van der Waals surface area contributed by atoms with Crippen molar-refractivity contribution in [1.29, 1.82) is 0 Å². The monoisotopic (exact) mass is 442 g/mol. The molecular formula is C22H34N8O2. The molecule has 10 nitrogen and oxygen atoms in total. The van der Waals surface area contributed by atoms with Crippen LogP contribution in [0.15, 0.2) is 34.1 Å². The van der Waals surface area contributed by atoms with E-state index in [1.165, 1.54) is 0 Å². The average molecular weight is 443 g/mol. The van der Waals surface area contributed by atoms with Crippen LogP contribution in [0.5, 0.6) is 0 Å². The summed E-state index contributed by atoms with van der Waals surface area (Å²) in [6, 6.07) is 3.82. The molecule has 0 aliphatic carbocycles. The topological polar surface area (TPSA) is 95.0 Å². The van der Waals surface area contributed by atoms with Gasteiger partial charge >= 0.3 is 0 Å². The van der Waals surface area contributed by atoms with Crippen LogP contribution in [-0.4, -0.2) is 93.7 Å². The number of nitrogens with one attached hydrogen (secondary N) is 1. The Kier molecular flexibility index (Phi) is 7.76. The van der Waals surface area contributed by atoms with Gasteiger partial charge in [-0.1, -0.05) is 6.92 Å². The van der Waals surface area contributed by atoms with Crippen LogP contribution >= 0.6 is 0 Å². The highest BCUT2D eigenvalue weighted by atomic mass is 16.3. The number of nitrogens with zero attached hydrogens (tertiary/aromatic N) is 7. The lowest BCUT2D eigenvalue weighted by Crippen LogP contribution is -2.54. The molecule has 4 rings (SSSR count). The van der Waals surface area contributed by atoms with Crippen molar-refractivity contribution in [3.05, 3.63) is 36.3 Å². The first-order valence-electron chi connectivity index (χ1n) is 11.7. The molecule has 4 heterocycles. The Morgan fingerprint density at radius 1 is 1.16 bits per heavy atom. The van der Waals surface area contributed by atoms with Crippen molar-refractivity contribution < 1.29 is 9.21 Å². The number of hydrogen-bond acceptors (Lipinski definition) is 6. The standard InChI is InChI=1S/C22H34N8O2/c1-2-20-26-25-18-30(20)10-7-23-22(24-16-19-6-5-15-32-19)29-13-11-27(12-14-29)17-21(31)28-8-3-4-9-28/h5-6,15,18H,2-4,7-14,16-17H2,1H3,(H,23,24). The van der Waals surface area contributed by atoms with Crippen molar-refractivity contribution in [2.45, 2.75) is 39.3 Å². The molecule has 0 atom stereocenters. The normalized spacial score (nSPS) is 17.8. The number of carbonyl (C=O) groups is 1. The molecule has 0 spiro atoms. The number of rotatable bonds is 8. The second kappa shape index (κ2) is 11.1. The van der Waals surface area contributed by atoms with Gasteiger partial charge in [-0.3, -0.25) is 9.69 Å². The van der Waals surface area contributed by atoms with E-state index in [1.807, 2.05) is 17.0 Å². The third-order valence-electron chi connectivity index (χ3n) is 6.10. The second-order valence-electron chi connectivity index (χ2n) is 8.29. The third-order valence-corrected chi connectivity index (χ3v) is 6.10. The maximum absolute atomic E-state index is 12.5. The van der Waals surface area contributed by atoms with Crippen molar-refractivity contribution in [1.82, 2.24) is 34.8 Å². The molecule has 0 bridgehead atoms. The maximum Gasteiger partial charge on any atom is 0.236 e. The predicted octanol–water partition coefficient (Wildman–Crippen LogP) is 0.819. The molecule has 0 saturated carbocycles. The molecule has 0 unspecified atom stereocenters. The van der Waals surface area contributed by atoms with E-state index in [2.05, 4.69) is 36.8 Å². The van der Waals surface area contributed by atoms with Gasteiger partial charge in [-0.15, -0.1) is 10.2 Å². The minimum atomic E-state index is 0.265. The fourth-order valence-electron chi connectivity index (χ4n) is 4.23. The van der Waals surface area contributed by atoms with E-state index >= 15 is 0 Å². The van der Waals surface area contributed by atoms with E-state index in [0.29, 0.717) is 13.1 Å². The number of likely N-dealkylation sites (tertiary alicyclic amines) is 1. The summed E-state index contributed by atoms with van der Waals surface area (Å²) in [6.07, 6.45) is 6.57. The molecule has 0 radical (unpaired) electrons. The number of amides is 1. The molecule has 32 heavy (non-hydrogen) atoms. The first-order chi connectivity index (χ1) is 15.7. The number of aryl methyl sites for hydroxylation is 1. The van der Waals surface area contributed by atoms with Crippen molar-refractivity contribution in [2.75, 3.05) is 52.4 Å². The molecule has 1 N–H and O–H groups in total. The molecule has 2 aliphatic heterocycles. The smallest absolute Gasteiger partial charge is 0.236 e. The van der Waals surface area contributed by atoms with Gasteiger partial charge in [-0.25, -0.2) is 4.99 Å². The third kappa shape index (κ3) is 5.87. The molecule has 2 aliphatic rings. The SMILES string of the molecule is CCc1nncn1CCNC(=NCc1ccco1)N1CCN(CC(=O)N2CCCC2)CC1. The minimum absolute atomic E-state index is 0.265. The number of aromatic nitrogens is 3. The van der Waals surface area contributed by atoms with Crippen LogP contribution in [0.2, 0.25) is 0 Å². The summed E-state index contributed by atoms with van der Waals surface area (Å²) < 4.78 is 7.52. The average Bonchev–Trinajstić information content (AvgIpc) is 3.59. The molecule has 2 aromatic heterocycles. The Bertz CT molecular complexity index is 864. The number of aliphatic imine (C=N–C) groups is 1. The Morgan fingerprint density at radius 3 is 2.69 bits per heavy atom. The first kappa shape index (κ1) is 22.3. The Labute approximate surface area is 189 Å². The zero-order chi connectivity index (χ0) is 22.2. The van der Waals surface area contributed by atoms with E-state index in [1.54, 1.807) is 12.6 Å². The van der Waals surface area contributed by atoms with Gasteiger partial charge in [-0.05, 0) is 25.0 Å². The fraction of sp³-hybridized carbons (Fsp3) is 0.636. The Balaban J connectivity index is 1.31. The number of guanidine groups is 1. The van der Waals surface area contributed by atoms with Gasteiger partial charge in [0.15, 0.2) is 5.96 Å². The van der Waals surface area contributed by atoms with E-state index in [4.69, 9.17) is 9.41 Å². The molecule has 2 saturated heterocycles. The van der Waals surface area contributed by atoms with Crippen molar-refractivity contribution in [3.8, 4) is 0 Å². The van der Waals surface area contributed by atoms with Gasteiger partial charge in [0.05, 0.1) is 12.8 Å².